The molecule has 0 heterocycles. The van der Waals surface area contributed by atoms with Crippen LogP contribution in [0.25, 0.3) is 0 Å². The van der Waals surface area contributed by atoms with Crippen molar-refractivity contribution in [1.29, 1.82) is 0 Å². The van der Waals surface area contributed by atoms with Crippen molar-refractivity contribution in [3.05, 3.63) is 28.2 Å². The van der Waals surface area contributed by atoms with E-state index in [9.17, 15) is 9.90 Å². The van der Waals surface area contributed by atoms with Crippen LogP contribution in [0.2, 0.25) is 0 Å². The van der Waals surface area contributed by atoms with Crippen molar-refractivity contribution in [2.75, 3.05) is 0 Å². The summed E-state index contributed by atoms with van der Waals surface area (Å²) in [6, 6.07) is 5.00. The third-order valence-electron chi connectivity index (χ3n) is 2.83. The number of carbonyl (C=O) groups is 1. The molecule has 0 aliphatic carbocycles. The van der Waals surface area contributed by atoms with Gasteiger partial charge in [-0.1, -0.05) is 26.2 Å². The maximum atomic E-state index is 11.9. The summed E-state index contributed by atoms with van der Waals surface area (Å²) in [4.78, 5) is 11.9. The molecule has 0 saturated heterocycles. The third kappa shape index (κ3) is 4.69. The number of amides is 1. The van der Waals surface area contributed by atoms with Crippen molar-refractivity contribution in [2.45, 2.75) is 45.6 Å². The van der Waals surface area contributed by atoms with Gasteiger partial charge in [-0.3, -0.25) is 4.79 Å². The van der Waals surface area contributed by atoms with Crippen LogP contribution in [0.15, 0.2) is 22.7 Å². The van der Waals surface area contributed by atoms with E-state index in [0.29, 0.717) is 10.0 Å². The predicted molar refractivity (Wildman–Crippen MR) is 76.9 cm³/mol. The van der Waals surface area contributed by atoms with Crippen LogP contribution in [0, 0.1) is 0 Å². The van der Waals surface area contributed by atoms with Crippen molar-refractivity contribution in [3.8, 4) is 5.75 Å². The zero-order chi connectivity index (χ0) is 13.5. The highest BCUT2D eigenvalue weighted by molar-refractivity contribution is 9.10. The zero-order valence-electron chi connectivity index (χ0n) is 10.9. The van der Waals surface area contributed by atoms with Crippen LogP contribution in [0.1, 0.15) is 49.9 Å². The van der Waals surface area contributed by atoms with Crippen molar-refractivity contribution in [2.24, 2.45) is 0 Å². The molecule has 100 valence electrons. The van der Waals surface area contributed by atoms with E-state index >= 15 is 0 Å². The van der Waals surface area contributed by atoms with E-state index in [-0.39, 0.29) is 17.7 Å². The first kappa shape index (κ1) is 15.0. The number of unbranched alkanes of at least 4 members (excludes halogenated alkanes) is 2. The molecule has 0 aliphatic heterocycles. The van der Waals surface area contributed by atoms with Gasteiger partial charge in [0.15, 0.2) is 0 Å². The molecule has 1 aromatic carbocycles. The molecular formula is C14H20BrNO2. The minimum atomic E-state index is -0.137. The van der Waals surface area contributed by atoms with Gasteiger partial charge >= 0.3 is 0 Å². The Hall–Kier alpha value is -1.03. The Morgan fingerprint density at radius 2 is 2.17 bits per heavy atom. The number of hydrogen-bond donors (Lipinski definition) is 2. The number of phenolic OH excluding ortho intramolecular Hbond substituents is 1. The first-order valence-electron chi connectivity index (χ1n) is 6.34. The molecule has 0 bridgehead atoms. The van der Waals surface area contributed by atoms with E-state index in [4.69, 9.17) is 0 Å². The van der Waals surface area contributed by atoms with Gasteiger partial charge in [0.05, 0.1) is 4.47 Å². The second-order valence-corrected chi connectivity index (χ2v) is 5.39. The standard InChI is InChI=1S/C14H20BrNO2/c1-3-4-5-6-10(2)16-14(18)11-7-8-12(15)13(17)9-11/h7-10,17H,3-6H2,1-2H3,(H,16,18). The third-order valence-corrected chi connectivity index (χ3v) is 3.50. The molecule has 0 spiro atoms. The number of hydrogen-bond acceptors (Lipinski definition) is 2. The fourth-order valence-electron chi connectivity index (χ4n) is 1.73. The summed E-state index contributed by atoms with van der Waals surface area (Å²) in [5.41, 5.74) is 0.484. The first-order chi connectivity index (χ1) is 8.54. The summed E-state index contributed by atoms with van der Waals surface area (Å²) >= 11 is 3.19. The monoisotopic (exact) mass is 313 g/mol. The van der Waals surface area contributed by atoms with Gasteiger partial charge in [-0.15, -0.1) is 0 Å². The molecule has 1 amide bonds. The molecule has 2 N–H and O–H groups in total. The van der Waals surface area contributed by atoms with E-state index < -0.39 is 0 Å². The molecule has 0 saturated carbocycles. The van der Waals surface area contributed by atoms with E-state index in [1.165, 1.54) is 18.9 Å². The Morgan fingerprint density at radius 1 is 1.44 bits per heavy atom. The van der Waals surface area contributed by atoms with Crippen LogP contribution in [-0.2, 0) is 0 Å². The summed E-state index contributed by atoms with van der Waals surface area (Å²) < 4.78 is 0.593. The molecule has 0 radical (unpaired) electrons. The summed E-state index contributed by atoms with van der Waals surface area (Å²) in [5.74, 6) is -0.0527. The smallest absolute Gasteiger partial charge is 0.251 e. The zero-order valence-corrected chi connectivity index (χ0v) is 12.5. The molecule has 1 rings (SSSR count). The Morgan fingerprint density at radius 3 is 2.78 bits per heavy atom. The second kappa shape index (κ2) is 7.41. The molecule has 4 heteroatoms. The molecular weight excluding hydrogens is 294 g/mol. The fourth-order valence-corrected chi connectivity index (χ4v) is 1.98. The number of carbonyl (C=O) groups excluding carboxylic acids is 1. The highest BCUT2D eigenvalue weighted by Gasteiger charge is 2.11. The molecule has 18 heavy (non-hydrogen) atoms. The Bertz CT molecular complexity index is 407. The van der Waals surface area contributed by atoms with Crippen molar-refractivity contribution >= 4 is 21.8 Å². The molecule has 1 atom stereocenters. The van der Waals surface area contributed by atoms with Gasteiger partial charge in [0, 0.05) is 11.6 Å². The van der Waals surface area contributed by atoms with Crippen LogP contribution < -0.4 is 5.32 Å². The lowest BCUT2D eigenvalue weighted by molar-refractivity contribution is 0.0937. The topological polar surface area (TPSA) is 49.3 Å². The second-order valence-electron chi connectivity index (χ2n) is 4.54. The summed E-state index contributed by atoms with van der Waals surface area (Å²) in [7, 11) is 0. The molecule has 3 nitrogen and oxygen atoms in total. The fraction of sp³-hybridized carbons (Fsp3) is 0.500. The van der Waals surface area contributed by atoms with E-state index in [1.54, 1.807) is 12.1 Å². The van der Waals surface area contributed by atoms with Gasteiger partial charge in [-0.2, -0.15) is 0 Å². The van der Waals surface area contributed by atoms with Crippen LogP contribution in [0.3, 0.4) is 0 Å². The van der Waals surface area contributed by atoms with Gasteiger partial charge in [-0.05, 0) is 47.5 Å². The average Bonchev–Trinajstić information content (AvgIpc) is 2.33. The Kier molecular flexibility index (Phi) is 6.19. The van der Waals surface area contributed by atoms with Gasteiger partial charge in [0.2, 0.25) is 0 Å². The first-order valence-corrected chi connectivity index (χ1v) is 7.13. The van der Waals surface area contributed by atoms with Crippen LogP contribution >= 0.6 is 15.9 Å². The molecule has 1 unspecified atom stereocenters. The Balaban J connectivity index is 2.51. The molecule has 1 aromatic rings. The van der Waals surface area contributed by atoms with Crippen LogP contribution in [0.5, 0.6) is 5.75 Å². The predicted octanol–water partition coefficient (Wildman–Crippen LogP) is 3.85. The Labute approximate surface area is 117 Å². The SMILES string of the molecule is CCCCCC(C)NC(=O)c1ccc(Br)c(O)c1. The molecule has 0 aromatic heterocycles. The van der Waals surface area contributed by atoms with Gasteiger partial charge in [-0.25, -0.2) is 0 Å². The number of benzene rings is 1. The molecule has 0 fully saturated rings. The highest BCUT2D eigenvalue weighted by Crippen LogP contribution is 2.24. The number of rotatable bonds is 6. The lowest BCUT2D eigenvalue weighted by Gasteiger charge is -2.13. The van der Waals surface area contributed by atoms with Crippen molar-refractivity contribution < 1.29 is 9.90 Å². The van der Waals surface area contributed by atoms with E-state index in [1.807, 2.05) is 6.92 Å². The minimum absolute atomic E-state index is 0.0845. The molecule has 0 aliphatic rings. The number of nitrogens with one attached hydrogen (secondary N) is 1. The van der Waals surface area contributed by atoms with Crippen LogP contribution in [-0.4, -0.2) is 17.1 Å². The van der Waals surface area contributed by atoms with Gasteiger partial charge < -0.3 is 10.4 Å². The average molecular weight is 314 g/mol. The quantitative estimate of drug-likeness (QED) is 0.784. The van der Waals surface area contributed by atoms with E-state index in [0.717, 1.165) is 12.8 Å². The summed E-state index contributed by atoms with van der Waals surface area (Å²) in [5, 5.41) is 12.5. The van der Waals surface area contributed by atoms with Crippen molar-refractivity contribution in [1.82, 2.24) is 5.32 Å². The maximum Gasteiger partial charge on any atom is 0.251 e. The lowest BCUT2D eigenvalue weighted by atomic mass is 10.1. The maximum absolute atomic E-state index is 11.9. The van der Waals surface area contributed by atoms with Crippen molar-refractivity contribution in [3.63, 3.8) is 0 Å². The summed E-state index contributed by atoms with van der Waals surface area (Å²) in [6.07, 6.45) is 4.49. The minimum Gasteiger partial charge on any atom is -0.507 e. The number of phenols is 1. The van der Waals surface area contributed by atoms with Crippen LogP contribution in [0.4, 0.5) is 0 Å². The normalized spacial score (nSPS) is 12.2. The lowest BCUT2D eigenvalue weighted by Crippen LogP contribution is -2.32. The highest BCUT2D eigenvalue weighted by atomic mass is 79.9. The summed E-state index contributed by atoms with van der Waals surface area (Å²) in [6.45, 7) is 4.17. The largest absolute Gasteiger partial charge is 0.507 e. The van der Waals surface area contributed by atoms with E-state index in [2.05, 4.69) is 28.2 Å². The number of halogens is 1. The van der Waals surface area contributed by atoms with Gasteiger partial charge in [0.25, 0.3) is 5.91 Å². The van der Waals surface area contributed by atoms with Gasteiger partial charge in [0.1, 0.15) is 5.75 Å². The number of aromatic hydroxyl groups is 1.